The van der Waals surface area contributed by atoms with Crippen LogP contribution in [0.15, 0.2) is 58.5 Å². The van der Waals surface area contributed by atoms with Gasteiger partial charge in [-0.2, -0.15) is 0 Å². The largest absolute Gasteiger partial charge is 0.442 e. The molecule has 1 amide bonds. The number of nitrogens with zero attached hydrogens (tertiary/aromatic N) is 3. The Balaban J connectivity index is 1.52. The summed E-state index contributed by atoms with van der Waals surface area (Å²) in [6.45, 7) is 2.68. The number of fused-ring (bicyclic) bond motifs is 1. The zero-order valence-corrected chi connectivity index (χ0v) is 14.6. The third kappa shape index (κ3) is 3.37. The summed E-state index contributed by atoms with van der Waals surface area (Å²) < 4.78 is 7.40. The minimum absolute atomic E-state index is 0.156. The van der Waals surface area contributed by atoms with Gasteiger partial charge in [0.15, 0.2) is 0 Å². The molecule has 4 rings (SSSR count). The van der Waals surface area contributed by atoms with E-state index in [1.807, 2.05) is 35.0 Å². The number of amides is 1. The van der Waals surface area contributed by atoms with Gasteiger partial charge in [0.25, 0.3) is 11.5 Å². The van der Waals surface area contributed by atoms with E-state index >= 15 is 0 Å². The number of carbonyl (C=O) groups excluding carboxylic acids is 1. The Morgan fingerprint density at radius 1 is 1.33 bits per heavy atom. The Bertz CT molecular complexity index is 1160. The number of rotatable bonds is 5. The number of hydrogen-bond acceptors (Lipinski definition) is 5. The fourth-order valence-corrected chi connectivity index (χ4v) is 3.03. The molecule has 0 bridgehead atoms. The molecule has 0 atom stereocenters. The topological polar surface area (TPSA) is 106 Å². The summed E-state index contributed by atoms with van der Waals surface area (Å²) in [5.41, 5.74) is 2.03. The van der Waals surface area contributed by atoms with Crippen LogP contribution in [0.4, 0.5) is 0 Å². The van der Waals surface area contributed by atoms with Gasteiger partial charge in [-0.15, -0.1) is 0 Å². The van der Waals surface area contributed by atoms with Crippen LogP contribution in [-0.4, -0.2) is 25.4 Å². The number of nitrogens with one attached hydrogen (secondary N) is 2. The molecule has 4 aromatic rings. The predicted octanol–water partition coefficient (Wildman–Crippen LogP) is 2.00. The van der Waals surface area contributed by atoms with Gasteiger partial charge in [0.05, 0.1) is 18.2 Å². The molecule has 0 unspecified atom stereocenters. The first-order valence-corrected chi connectivity index (χ1v) is 8.40. The van der Waals surface area contributed by atoms with Crippen LogP contribution in [0.25, 0.3) is 11.1 Å². The molecule has 2 N–H and O–H groups in total. The summed E-state index contributed by atoms with van der Waals surface area (Å²) in [5.74, 6) is -0.00896. The molecule has 0 aliphatic rings. The standard InChI is InChI=1S/C19H17N5O3/c1-12-15(16-18(26)22-10-23-19(16)27-12)17(25)21-8-13-3-2-4-14(7-13)9-24-6-5-20-11-24/h2-7,10-11H,8-9H2,1H3,(H,21,25)(H,22,23,26). The van der Waals surface area contributed by atoms with Crippen molar-refractivity contribution in [2.75, 3.05) is 0 Å². The first-order valence-electron chi connectivity index (χ1n) is 8.40. The molecule has 3 aromatic heterocycles. The Hall–Kier alpha value is -3.68. The van der Waals surface area contributed by atoms with Crippen molar-refractivity contribution >= 4 is 17.0 Å². The molecule has 0 spiro atoms. The van der Waals surface area contributed by atoms with Crippen LogP contribution in [-0.2, 0) is 13.1 Å². The predicted molar refractivity (Wildman–Crippen MR) is 98.3 cm³/mol. The van der Waals surface area contributed by atoms with E-state index < -0.39 is 5.56 Å². The summed E-state index contributed by atoms with van der Waals surface area (Å²) in [5, 5.41) is 3.02. The number of aromatic nitrogens is 4. The zero-order valence-electron chi connectivity index (χ0n) is 14.6. The van der Waals surface area contributed by atoms with Gasteiger partial charge in [0.1, 0.15) is 11.1 Å². The van der Waals surface area contributed by atoms with Crippen molar-refractivity contribution in [3.63, 3.8) is 0 Å². The Morgan fingerprint density at radius 3 is 3.00 bits per heavy atom. The van der Waals surface area contributed by atoms with Gasteiger partial charge in [-0.05, 0) is 18.1 Å². The van der Waals surface area contributed by atoms with Crippen molar-refractivity contribution in [2.45, 2.75) is 20.0 Å². The van der Waals surface area contributed by atoms with E-state index in [1.54, 1.807) is 19.4 Å². The van der Waals surface area contributed by atoms with Crippen LogP contribution in [0.5, 0.6) is 0 Å². The third-order valence-electron chi connectivity index (χ3n) is 4.27. The average molecular weight is 363 g/mol. The third-order valence-corrected chi connectivity index (χ3v) is 4.27. The van der Waals surface area contributed by atoms with E-state index in [2.05, 4.69) is 20.3 Å². The quantitative estimate of drug-likeness (QED) is 0.564. The number of aromatic amines is 1. The lowest BCUT2D eigenvalue weighted by molar-refractivity contribution is 0.0950. The number of H-pyrrole nitrogens is 1. The van der Waals surface area contributed by atoms with Crippen molar-refractivity contribution in [1.29, 1.82) is 0 Å². The number of aryl methyl sites for hydroxylation is 1. The van der Waals surface area contributed by atoms with Crippen molar-refractivity contribution in [3.8, 4) is 0 Å². The van der Waals surface area contributed by atoms with Gasteiger partial charge >= 0.3 is 0 Å². The summed E-state index contributed by atoms with van der Waals surface area (Å²) >= 11 is 0. The highest BCUT2D eigenvalue weighted by Crippen LogP contribution is 2.20. The van der Waals surface area contributed by atoms with Crippen molar-refractivity contribution in [2.24, 2.45) is 0 Å². The molecule has 0 aliphatic heterocycles. The normalized spacial score (nSPS) is 11.0. The molecular weight excluding hydrogens is 346 g/mol. The van der Waals surface area contributed by atoms with Gasteiger partial charge in [0.2, 0.25) is 5.71 Å². The smallest absolute Gasteiger partial charge is 0.262 e. The van der Waals surface area contributed by atoms with Gasteiger partial charge in [-0.1, -0.05) is 24.3 Å². The number of imidazole rings is 1. The lowest BCUT2D eigenvalue weighted by atomic mass is 10.1. The van der Waals surface area contributed by atoms with Crippen LogP contribution < -0.4 is 10.9 Å². The maximum absolute atomic E-state index is 12.6. The number of benzene rings is 1. The lowest BCUT2D eigenvalue weighted by Gasteiger charge is -2.08. The Labute approximate surface area is 153 Å². The van der Waals surface area contributed by atoms with Crippen molar-refractivity contribution < 1.29 is 9.21 Å². The van der Waals surface area contributed by atoms with Crippen molar-refractivity contribution in [1.82, 2.24) is 24.8 Å². The first-order chi connectivity index (χ1) is 13.1. The van der Waals surface area contributed by atoms with E-state index in [4.69, 9.17) is 4.42 Å². The monoisotopic (exact) mass is 363 g/mol. The summed E-state index contributed by atoms with van der Waals surface area (Å²) in [6.07, 6.45) is 6.64. The SMILES string of the molecule is Cc1oc2nc[nH]c(=O)c2c1C(=O)NCc1cccc(Cn2ccnc2)c1. The van der Waals surface area contributed by atoms with E-state index in [0.29, 0.717) is 18.8 Å². The highest BCUT2D eigenvalue weighted by molar-refractivity contribution is 6.06. The molecule has 0 fully saturated rings. The molecule has 0 aliphatic carbocycles. The fraction of sp³-hybridized carbons (Fsp3) is 0.158. The van der Waals surface area contributed by atoms with E-state index in [0.717, 1.165) is 11.1 Å². The minimum Gasteiger partial charge on any atom is -0.442 e. The summed E-state index contributed by atoms with van der Waals surface area (Å²) in [7, 11) is 0. The Kier molecular flexibility index (Phi) is 4.29. The maximum atomic E-state index is 12.6. The van der Waals surface area contributed by atoms with Crippen molar-refractivity contribution in [3.05, 3.63) is 82.1 Å². The summed E-state index contributed by atoms with van der Waals surface area (Å²) in [6, 6.07) is 7.92. The molecule has 8 heteroatoms. The van der Waals surface area contributed by atoms with Gasteiger partial charge in [0, 0.05) is 25.5 Å². The maximum Gasteiger partial charge on any atom is 0.262 e. The van der Waals surface area contributed by atoms with E-state index in [9.17, 15) is 9.59 Å². The molecule has 136 valence electrons. The van der Waals surface area contributed by atoms with Gasteiger partial charge in [-0.25, -0.2) is 9.97 Å². The molecule has 0 saturated heterocycles. The highest BCUT2D eigenvalue weighted by Gasteiger charge is 2.21. The number of carbonyl (C=O) groups is 1. The van der Waals surface area contributed by atoms with Crippen LogP contribution in [0.3, 0.4) is 0 Å². The minimum atomic E-state index is -0.399. The molecule has 8 nitrogen and oxygen atoms in total. The zero-order chi connectivity index (χ0) is 18.8. The first kappa shape index (κ1) is 16.8. The van der Waals surface area contributed by atoms with Crippen LogP contribution in [0.2, 0.25) is 0 Å². The second-order valence-corrected chi connectivity index (χ2v) is 6.18. The number of hydrogen-bond donors (Lipinski definition) is 2. The van der Waals surface area contributed by atoms with Crippen LogP contribution in [0, 0.1) is 6.92 Å². The average Bonchev–Trinajstić information content (AvgIpc) is 3.27. The van der Waals surface area contributed by atoms with Crippen LogP contribution >= 0.6 is 0 Å². The molecule has 0 saturated carbocycles. The van der Waals surface area contributed by atoms with Gasteiger partial charge < -0.3 is 19.3 Å². The second-order valence-electron chi connectivity index (χ2n) is 6.18. The molecule has 0 radical (unpaired) electrons. The molecule has 3 heterocycles. The number of furan rings is 1. The van der Waals surface area contributed by atoms with Gasteiger partial charge in [-0.3, -0.25) is 9.59 Å². The van der Waals surface area contributed by atoms with E-state index in [-0.39, 0.29) is 22.6 Å². The van der Waals surface area contributed by atoms with Crippen LogP contribution in [0.1, 0.15) is 27.2 Å². The Morgan fingerprint density at radius 2 is 2.19 bits per heavy atom. The lowest BCUT2D eigenvalue weighted by Crippen LogP contribution is -2.24. The second kappa shape index (κ2) is 6.91. The summed E-state index contributed by atoms with van der Waals surface area (Å²) in [4.78, 5) is 35.2. The fourth-order valence-electron chi connectivity index (χ4n) is 3.03. The van der Waals surface area contributed by atoms with E-state index in [1.165, 1.54) is 6.33 Å². The molecule has 1 aromatic carbocycles. The molecular formula is C19H17N5O3. The highest BCUT2D eigenvalue weighted by atomic mass is 16.3. The molecule has 27 heavy (non-hydrogen) atoms.